The van der Waals surface area contributed by atoms with E-state index in [1.165, 1.54) is 6.08 Å². The van der Waals surface area contributed by atoms with Gasteiger partial charge in [-0.1, -0.05) is 19.9 Å². The van der Waals surface area contributed by atoms with Gasteiger partial charge in [0.2, 0.25) is 0 Å². The zero-order chi connectivity index (χ0) is 12.4. The predicted octanol–water partition coefficient (Wildman–Crippen LogP) is 2.62. The second-order valence-electron chi connectivity index (χ2n) is 3.96. The van der Waals surface area contributed by atoms with Gasteiger partial charge in [0.25, 0.3) is 0 Å². The lowest BCUT2D eigenvalue weighted by atomic mass is 10.2. The van der Waals surface area contributed by atoms with Crippen LogP contribution in [0, 0.1) is 0 Å². The van der Waals surface area contributed by atoms with Crippen molar-refractivity contribution in [2.45, 2.75) is 46.6 Å². The lowest BCUT2D eigenvalue weighted by molar-refractivity contribution is -0.138. The summed E-state index contributed by atoms with van der Waals surface area (Å²) in [6, 6.07) is 0.556. The minimum Gasteiger partial charge on any atom is -0.461 e. The largest absolute Gasteiger partial charge is 0.461 e. The van der Waals surface area contributed by atoms with Crippen LogP contribution in [0.5, 0.6) is 0 Å². The topological polar surface area (TPSA) is 29.5 Å². The van der Waals surface area contributed by atoms with Crippen LogP contribution in [0.4, 0.5) is 0 Å². The molecule has 0 bridgehead atoms. The summed E-state index contributed by atoms with van der Waals surface area (Å²) >= 11 is 0. The molecular formula is C13H25NO2. The Hall–Kier alpha value is -0.830. The van der Waals surface area contributed by atoms with Gasteiger partial charge in [-0.2, -0.15) is 0 Å². The third-order valence-electron chi connectivity index (χ3n) is 2.65. The normalized spacial score (nSPS) is 13.3. The first-order chi connectivity index (χ1) is 7.65. The van der Waals surface area contributed by atoms with Gasteiger partial charge in [-0.15, -0.1) is 0 Å². The molecule has 0 aliphatic carbocycles. The minimum absolute atomic E-state index is 0.247. The average molecular weight is 227 g/mol. The smallest absolute Gasteiger partial charge is 0.330 e. The highest BCUT2D eigenvalue weighted by molar-refractivity contribution is 5.81. The molecule has 1 unspecified atom stereocenters. The third-order valence-corrected chi connectivity index (χ3v) is 2.65. The quantitative estimate of drug-likeness (QED) is 0.471. The Morgan fingerprint density at radius 3 is 2.56 bits per heavy atom. The number of hydrogen-bond donors (Lipinski definition) is 0. The Labute approximate surface area is 99.5 Å². The second-order valence-corrected chi connectivity index (χ2v) is 3.96. The first-order valence-electron chi connectivity index (χ1n) is 6.19. The monoisotopic (exact) mass is 227 g/mol. The molecule has 0 aromatic rings. The Kier molecular flexibility index (Phi) is 8.91. The Morgan fingerprint density at radius 2 is 2.06 bits per heavy atom. The number of hydrogen-bond acceptors (Lipinski definition) is 3. The van der Waals surface area contributed by atoms with Crippen molar-refractivity contribution in [3.8, 4) is 0 Å². The maximum absolute atomic E-state index is 11.1. The summed E-state index contributed by atoms with van der Waals surface area (Å²) in [5.41, 5.74) is 0. The molecule has 16 heavy (non-hydrogen) atoms. The van der Waals surface area contributed by atoms with Crippen LogP contribution >= 0.6 is 0 Å². The summed E-state index contributed by atoms with van der Waals surface area (Å²) in [4.78, 5) is 13.5. The fraction of sp³-hybridized carbons (Fsp3) is 0.769. The van der Waals surface area contributed by atoms with Crippen LogP contribution in [0.3, 0.4) is 0 Å². The van der Waals surface area contributed by atoms with Crippen LogP contribution in [0.1, 0.15) is 40.5 Å². The van der Waals surface area contributed by atoms with Crippen LogP contribution in [0.15, 0.2) is 12.2 Å². The maximum Gasteiger partial charge on any atom is 0.330 e. The zero-order valence-electron chi connectivity index (χ0n) is 11.0. The summed E-state index contributed by atoms with van der Waals surface area (Å²) in [6.07, 6.45) is 5.41. The van der Waals surface area contributed by atoms with Gasteiger partial charge in [0.1, 0.15) is 6.61 Å². The Morgan fingerprint density at radius 1 is 1.38 bits per heavy atom. The highest BCUT2D eigenvalue weighted by atomic mass is 16.5. The van der Waals surface area contributed by atoms with Gasteiger partial charge >= 0.3 is 5.97 Å². The standard InChI is InChI=1S/C13H25NO2/c1-5-8-13(15)16-11-10-14(9-6-2)12(4)7-3/h5,8,12H,6-7,9-11H2,1-4H3/b8-5-. The average Bonchev–Trinajstić information content (AvgIpc) is 2.27. The molecule has 0 aromatic heterocycles. The molecule has 0 radical (unpaired) electrons. The minimum atomic E-state index is -0.247. The number of carbonyl (C=O) groups is 1. The second kappa shape index (κ2) is 9.40. The molecule has 0 aromatic carbocycles. The Bertz CT molecular complexity index is 214. The van der Waals surface area contributed by atoms with Gasteiger partial charge < -0.3 is 4.74 Å². The number of allylic oxidation sites excluding steroid dienone is 1. The molecule has 0 heterocycles. The number of nitrogens with zero attached hydrogens (tertiary/aromatic N) is 1. The van der Waals surface area contributed by atoms with Crippen molar-refractivity contribution in [2.75, 3.05) is 19.7 Å². The van der Waals surface area contributed by atoms with Gasteiger partial charge in [0, 0.05) is 18.7 Å². The zero-order valence-corrected chi connectivity index (χ0v) is 11.0. The fourth-order valence-corrected chi connectivity index (χ4v) is 1.55. The molecule has 94 valence electrons. The molecule has 1 atom stereocenters. The van der Waals surface area contributed by atoms with Gasteiger partial charge in [-0.25, -0.2) is 4.79 Å². The summed E-state index contributed by atoms with van der Waals surface area (Å²) in [7, 11) is 0. The lowest BCUT2D eigenvalue weighted by Gasteiger charge is -2.27. The molecule has 0 aliphatic heterocycles. The van der Waals surface area contributed by atoms with Crippen molar-refractivity contribution in [1.29, 1.82) is 0 Å². The van der Waals surface area contributed by atoms with Crippen LogP contribution in [-0.2, 0) is 9.53 Å². The Balaban J connectivity index is 3.88. The molecule has 0 amide bonds. The van der Waals surface area contributed by atoms with Crippen LogP contribution in [0.25, 0.3) is 0 Å². The molecular weight excluding hydrogens is 202 g/mol. The van der Waals surface area contributed by atoms with E-state index >= 15 is 0 Å². The predicted molar refractivity (Wildman–Crippen MR) is 67.4 cm³/mol. The van der Waals surface area contributed by atoms with Crippen molar-refractivity contribution < 1.29 is 9.53 Å². The summed E-state index contributed by atoms with van der Waals surface area (Å²) in [6.45, 7) is 10.7. The van der Waals surface area contributed by atoms with Gasteiger partial charge in [0.15, 0.2) is 0 Å². The molecule has 0 fully saturated rings. The van der Waals surface area contributed by atoms with E-state index in [1.807, 2.05) is 6.92 Å². The van der Waals surface area contributed by atoms with E-state index in [2.05, 4.69) is 25.7 Å². The van der Waals surface area contributed by atoms with Crippen LogP contribution in [0.2, 0.25) is 0 Å². The lowest BCUT2D eigenvalue weighted by Crippen LogP contribution is -2.36. The number of carbonyl (C=O) groups excluding carboxylic acids is 1. The first-order valence-corrected chi connectivity index (χ1v) is 6.19. The van der Waals surface area contributed by atoms with Gasteiger partial charge in [-0.05, 0) is 33.2 Å². The van der Waals surface area contributed by atoms with Crippen molar-refractivity contribution in [3.05, 3.63) is 12.2 Å². The van der Waals surface area contributed by atoms with Crippen LogP contribution in [-0.4, -0.2) is 36.6 Å². The van der Waals surface area contributed by atoms with Gasteiger partial charge in [0.05, 0.1) is 0 Å². The molecule has 0 saturated carbocycles. The molecule has 0 spiro atoms. The summed E-state index contributed by atoms with van der Waals surface area (Å²) in [5.74, 6) is -0.247. The highest BCUT2D eigenvalue weighted by Gasteiger charge is 2.11. The SMILES string of the molecule is C/C=C\C(=O)OCCN(CCC)C(C)CC. The molecule has 3 nitrogen and oxygen atoms in total. The summed E-state index contributed by atoms with van der Waals surface area (Å²) in [5, 5.41) is 0. The van der Waals surface area contributed by atoms with Crippen molar-refractivity contribution in [2.24, 2.45) is 0 Å². The summed E-state index contributed by atoms with van der Waals surface area (Å²) < 4.78 is 5.09. The maximum atomic E-state index is 11.1. The van der Waals surface area contributed by atoms with E-state index < -0.39 is 0 Å². The molecule has 0 N–H and O–H groups in total. The third kappa shape index (κ3) is 6.62. The van der Waals surface area contributed by atoms with Crippen LogP contribution < -0.4 is 0 Å². The van der Waals surface area contributed by atoms with Crippen molar-refractivity contribution >= 4 is 5.97 Å². The molecule has 0 rings (SSSR count). The molecule has 0 aliphatic rings. The van der Waals surface area contributed by atoms with Gasteiger partial charge in [-0.3, -0.25) is 4.90 Å². The molecule has 3 heteroatoms. The van der Waals surface area contributed by atoms with Crippen molar-refractivity contribution in [1.82, 2.24) is 4.90 Å². The number of esters is 1. The number of ether oxygens (including phenoxy) is 1. The van der Waals surface area contributed by atoms with E-state index in [4.69, 9.17) is 4.74 Å². The number of rotatable bonds is 8. The van der Waals surface area contributed by atoms with E-state index in [-0.39, 0.29) is 5.97 Å². The first kappa shape index (κ1) is 15.2. The van der Waals surface area contributed by atoms with E-state index in [0.29, 0.717) is 12.6 Å². The van der Waals surface area contributed by atoms with Crippen molar-refractivity contribution in [3.63, 3.8) is 0 Å². The van der Waals surface area contributed by atoms with E-state index in [1.54, 1.807) is 6.08 Å². The fourth-order valence-electron chi connectivity index (χ4n) is 1.55. The highest BCUT2D eigenvalue weighted by Crippen LogP contribution is 2.04. The molecule has 0 saturated heterocycles. The van der Waals surface area contributed by atoms with E-state index in [9.17, 15) is 4.79 Å². The van der Waals surface area contributed by atoms with E-state index in [0.717, 1.165) is 25.9 Å².